The highest BCUT2D eigenvalue weighted by Gasteiger charge is 2.20. The Kier molecular flexibility index (Phi) is 7.08. The molecule has 0 aliphatic carbocycles. The zero-order valence-corrected chi connectivity index (χ0v) is 17.7. The van der Waals surface area contributed by atoms with E-state index in [-0.39, 0.29) is 18.9 Å². The van der Waals surface area contributed by atoms with E-state index in [0.717, 1.165) is 10.7 Å². The van der Waals surface area contributed by atoms with Crippen molar-refractivity contribution in [2.45, 2.75) is 19.8 Å². The maximum atomic E-state index is 12.2. The zero-order valence-electron chi connectivity index (χ0n) is 14.5. The van der Waals surface area contributed by atoms with Crippen molar-refractivity contribution in [3.05, 3.63) is 57.5 Å². The zero-order chi connectivity index (χ0) is 19.3. The molecular formula is C18H20BrClN2O3S. The lowest BCUT2D eigenvalue weighted by Gasteiger charge is -2.24. The van der Waals surface area contributed by atoms with Crippen molar-refractivity contribution in [3.8, 4) is 0 Å². The van der Waals surface area contributed by atoms with Gasteiger partial charge in [0.15, 0.2) is 0 Å². The van der Waals surface area contributed by atoms with Gasteiger partial charge in [-0.2, -0.15) is 0 Å². The number of hydrogen-bond donors (Lipinski definition) is 1. The van der Waals surface area contributed by atoms with Crippen LogP contribution in [0.4, 0.5) is 11.4 Å². The average Bonchev–Trinajstić information content (AvgIpc) is 2.56. The molecule has 1 amide bonds. The summed E-state index contributed by atoms with van der Waals surface area (Å²) in [5, 5.41) is 3.31. The first-order valence-electron chi connectivity index (χ1n) is 7.97. The highest BCUT2D eigenvalue weighted by atomic mass is 79.9. The van der Waals surface area contributed by atoms with E-state index < -0.39 is 10.0 Å². The van der Waals surface area contributed by atoms with Crippen LogP contribution in [0.15, 0.2) is 46.9 Å². The van der Waals surface area contributed by atoms with Crippen LogP contribution in [0.5, 0.6) is 0 Å². The summed E-state index contributed by atoms with van der Waals surface area (Å²) in [7, 11) is -3.49. The van der Waals surface area contributed by atoms with Crippen molar-refractivity contribution in [2.75, 3.05) is 22.4 Å². The van der Waals surface area contributed by atoms with E-state index in [9.17, 15) is 13.2 Å². The molecule has 0 heterocycles. The van der Waals surface area contributed by atoms with Gasteiger partial charge in [-0.1, -0.05) is 29.8 Å². The Morgan fingerprint density at radius 1 is 1.19 bits per heavy atom. The van der Waals surface area contributed by atoms with Crippen LogP contribution in [-0.2, 0) is 14.8 Å². The molecule has 0 aliphatic heterocycles. The van der Waals surface area contributed by atoms with Gasteiger partial charge < -0.3 is 5.32 Å². The molecule has 0 radical (unpaired) electrons. The molecule has 140 valence electrons. The second-order valence-electron chi connectivity index (χ2n) is 5.85. The maximum absolute atomic E-state index is 12.2. The number of nitrogens with one attached hydrogen (secondary N) is 1. The topological polar surface area (TPSA) is 66.5 Å². The molecule has 0 saturated carbocycles. The van der Waals surface area contributed by atoms with Crippen molar-refractivity contribution in [2.24, 2.45) is 0 Å². The Hall–Kier alpha value is -1.57. The summed E-state index contributed by atoms with van der Waals surface area (Å²) >= 11 is 9.48. The summed E-state index contributed by atoms with van der Waals surface area (Å²) in [6.45, 7) is 1.97. The van der Waals surface area contributed by atoms with Crippen LogP contribution in [-0.4, -0.2) is 27.1 Å². The van der Waals surface area contributed by atoms with E-state index in [0.29, 0.717) is 28.4 Å². The Morgan fingerprint density at radius 3 is 2.54 bits per heavy atom. The quantitative estimate of drug-likeness (QED) is 0.658. The van der Waals surface area contributed by atoms with E-state index >= 15 is 0 Å². The van der Waals surface area contributed by atoms with E-state index in [1.807, 2.05) is 18.2 Å². The standard InChI is InChI=1S/C18H20BrClN2O3S/c1-13-15(20)8-5-10-17(13)22(26(2,24)25)12-6-11-18(23)21-16-9-4-3-7-14(16)19/h3-5,7-10H,6,11-12H2,1-2H3,(H,21,23). The molecule has 0 bridgehead atoms. The largest absolute Gasteiger partial charge is 0.325 e. The molecule has 2 aromatic carbocycles. The molecule has 0 saturated heterocycles. The second kappa shape index (κ2) is 8.88. The smallest absolute Gasteiger partial charge is 0.232 e. The first-order valence-corrected chi connectivity index (χ1v) is 11.0. The van der Waals surface area contributed by atoms with Crippen LogP contribution < -0.4 is 9.62 Å². The SMILES string of the molecule is Cc1c(Cl)cccc1N(CCCC(=O)Nc1ccccc1Br)S(C)(=O)=O. The third-order valence-electron chi connectivity index (χ3n) is 3.82. The van der Waals surface area contributed by atoms with Gasteiger partial charge >= 0.3 is 0 Å². The number of rotatable bonds is 7. The number of nitrogens with zero attached hydrogens (tertiary/aromatic N) is 1. The molecule has 0 unspecified atom stereocenters. The van der Waals surface area contributed by atoms with E-state index in [1.54, 1.807) is 31.2 Å². The Morgan fingerprint density at radius 2 is 1.88 bits per heavy atom. The minimum absolute atomic E-state index is 0.173. The fraction of sp³-hybridized carbons (Fsp3) is 0.278. The molecule has 0 atom stereocenters. The number of carbonyl (C=O) groups is 1. The van der Waals surface area contributed by atoms with Gasteiger partial charge in [-0.05, 0) is 59.1 Å². The Labute approximate surface area is 167 Å². The minimum atomic E-state index is -3.49. The summed E-state index contributed by atoms with van der Waals surface area (Å²) in [6.07, 6.45) is 1.73. The van der Waals surface area contributed by atoms with Gasteiger partial charge in [0.05, 0.1) is 17.6 Å². The molecule has 2 aromatic rings. The van der Waals surface area contributed by atoms with Crippen LogP contribution >= 0.6 is 27.5 Å². The summed E-state index contributed by atoms with van der Waals surface area (Å²) in [5.41, 5.74) is 1.91. The van der Waals surface area contributed by atoms with E-state index in [1.165, 1.54) is 4.31 Å². The lowest BCUT2D eigenvalue weighted by atomic mass is 10.2. The molecule has 26 heavy (non-hydrogen) atoms. The molecule has 2 rings (SSSR count). The highest BCUT2D eigenvalue weighted by Crippen LogP contribution is 2.28. The lowest BCUT2D eigenvalue weighted by Crippen LogP contribution is -2.32. The molecule has 0 spiro atoms. The van der Waals surface area contributed by atoms with Crippen molar-refractivity contribution >= 4 is 54.8 Å². The Bertz CT molecular complexity index is 903. The van der Waals surface area contributed by atoms with E-state index in [4.69, 9.17) is 11.6 Å². The molecule has 0 aliphatic rings. The molecule has 0 fully saturated rings. The number of hydrogen-bond acceptors (Lipinski definition) is 3. The van der Waals surface area contributed by atoms with Gasteiger partial charge in [-0.25, -0.2) is 8.42 Å². The Balaban J connectivity index is 2.03. The van der Waals surface area contributed by atoms with E-state index in [2.05, 4.69) is 21.2 Å². The summed E-state index contributed by atoms with van der Waals surface area (Å²) < 4.78 is 26.4. The van der Waals surface area contributed by atoms with Crippen LogP contribution in [0, 0.1) is 6.92 Å². The fourth-order valence-corrected chi connectivity index (χ4v) is 4.06. The second-order valence-corrected chi connectivity index (χ2v) is 9.02. The van der Waals surface area contributed by atoms with Crippen molar-refractivity contribution < 1.29 is 13.2 Å². The number of amides is 1. The van der Waals surface area contributed by atoms with Gasteiger partial charge in [0.1, 0.15) is 0 Å². The van der Waals surface area contributed by atoms with Crippen molar-refractivity contribution in [1.82, 2.24) is 0 Å². The number of benzene rings is 2. The molecule has 1 N–H and O–H groups in total. The highest BCUT2D eigenvalue weighted by molar-refractivity contribution is 9.10. The average molecular weight is 460 g/mol. The summed E-state index contributed by atoms with van der Waals surface area (Å²) in [5.74, 6) is -0.173. The maximum Gasteiger partial charge on any atom is 0.232 e. The molecule has 0 aromatic heterocycles. The third-order valence-corrected chi connectivity index (χ3v) is 6.10. The fourth-order valence-electron chi connectivity index (χ4n) is 2.49. The van der Waals surface area contributed by atoms with Gasteiger partial charge in [-0.3, -0.25) is 9.10 Å². The van der Waals surface area contributed by atoms with Gasteiger partial charge in [0, 0.05) is 22.5 Å². The third kappa shape index (κ3) is 5.46. The normalized spacial score (nSPS) is 11.2. The van der Waals surface area contributed by atoms with Crippen molar-refractivity contribution in [1.29, 1.82) is 0 Å². The number of para-hydroxylation sites is 1. The summed E-state index contributed by atoms with van der Waals surface area (Å²) in [6, 6.07) is 12.5. The number of sulfonamides is 1. The van der Waals surface area contributed by atoms with Crippen LogP contribution in [0.2, 0.25) is 5.02 Å². The predicted molar refractivity (Wildman–Crippen MR) is 110 cm³/mol. The summed E-state index contributed by atoms with van der Waals surface area (Å²) in [4.78, 5) is 12.1. The first kappa shape index (κ1) is 20.7. The molecular weight excluding hydrogens is 440 g/mol. The predicted octanol–water partition coefficient (Wildman–Crippen LogP) is 4.60. The van der Waals surface area contributed by atoms with Crippen LogP contribution in [0.1, 0.15) is 18.4 Å². The monoisotopic (exact) mass is 458 g/mol. The van der Waals surface area contributed by atoms with Gasteiger partial charge in [-0.15, -0.1) is 0 Å². The minimum Gasteiger partial charge on any atom is -0.325 e. The van der Waals surface area contributed by atoms with Crippen LogP contribution in [0.25, 0.3) is 0 Å². The van der Waals surface area contributed by atoms with Crippen molar-refractivity contribution in [3.63, 3.8) is 0 Å². The number of halogens is 2. The van der Waals surface area contributed by atoms with Gasteiger partial charge in [0.25, 0.3) is 0 Å². The van der Waals surface area contributed by atoms with Gasteiger partial charge in [0.2, 0.25) is 15.9 Å². The molecule has 8 heteroatoms. The number of anilines is 2. The number of carbonyl (C=O) groups excluding carboxylic acids is 1. The van der Waals surface area contributed by atoms with Crippen LogP contribution in [0.3, 0.4) is 0 Å². The lowest BCUT2D eigenvalue weighted by molar-refractivity contribution is -0.116. The molecule has 5 nitrogen and oxygen atoms in total. The first-order chi connectivity index (χ1) is 12.2.